The molecule has 0 aliphatic carbocycles. The maximum atomic E-state index is 5.17. The Balaban J connectivity index is 1.37. The third-order valence-corrected chi connectivity index (χ3v) is 6.47. The van der Waals surface area contributed by atoms with Crippen molar-refractivity contribution in [2.45, 2.75) is 51.6 Å². The molecule has 0 saturated carbocycles. The fourth-order valence-corrected chi connectivity index (χ4v) is 4.89. The molecule has 0 unspecified atom stereocenters. The van der Waals surface area contributed by atoms with Crippen LogP contribution in [0.25, 0.3) is 0 Å². The van der Waals surface area contributed by atoms with E-state index in [1.807, 2.05) is 24.7 Å². The molecule has 3 aromatic heterocycles. The van der Waals surface area contributed by atoms with Crippen molar-refractivity contribution in [2.24, 2.45) is 0 Å². The third-order valence-electron chi connectivity index (χ3n) is 6.47. The van der Waals surface area contributed by atoms with Gasteiger partial charge in [0.25, 0.3) is 0 Å². The van der Waals surface area contributed by atoms with Gasteiger partial charge in [0, 0.05) is 55.4 Å². The molecule has 0 bridgehead atoms. The molecule has 160 valence electrons. The summed E-state index contributed by atoms with van der Waals surface area (Å²) in [5.74, 6) is 2.53. The average molecular weight is 415 g/mol. The van der Waals surface area contributed by atoms with Crippen LogP contribution in [0.15, 0.2) is 48.9 Å². The third kappa shape index (κ3) is 4.59. The first-order chi connectivity index (χ1) is 15.3. The minimum Gasteiger partial charge on any atom is -0.350 e. The van der Waals surface area contributed by atoms with Gasteiger partial charge in [-0.2, -0.15) is 0 Å². The highest BCUT2D eigenvalue weighted by atomic mass is 15.2. The monoisotopic (exact) mass is 414 g/mol. The number of hydrogen-bond donors (Lipinski definition) is 0. The Labute approximate surface area is 184 Å². The Morgan fingerprint density at radius 1 is 0.968 bits per heavy atom. The molecule has 5 rings (SSSR count). The lowest BCUT2D eigenvalue weighted by atomic mass is 9.95. The largest absolute Gasteiger partial charge is 0.350 e. The van der Waals surface area contributed by atoms with Crippen molar-refractivity contribution in [1.82, 2.24) is 24.8 Å². The van der Waals surface area contributed by atoms with Crippen LogP contribution in [-0.2, 0) is 19.5 Å². The maximum Gasteiger partial charge on any atom is 0.136 e. The Bertz CT molecular complexity index is 1010. The van der Waals surface area contributed by atoms with Gasteiger partial charge >= 0.3 is 0 Å². The van der Waals surface area contributed by atoms with Crippen LogP contribution < -0.4 is 4.90 Å². The van der Waals surface area contributed by atoms with Crippen molar-refractivity contribution in [3.63, 3.8) is 0 Å². The van der Waals surface area contributed by atoms with Crippen LogP contribution >= 0.6 is 0 Å². The zero-order chi connectivity index (χ0) is 21.0. The van der Waals surface area contributed by atoms with Crippen LogP contribution in [0.5, 0.6) is 0 Å². The number of piperidine rings is 1. The molecule has 2 aliphatic rings. The summed E-state index contributed by atoms with van der Waals surface area (Å²) in [6.07, 6.45) is 10.2. The van der Waals surface area contributed by atoms with Gasteiger partial charge in [0.1, 0.15) is 11.6 Å². The lowest BCUT2D eigenvalue weighted by Gasteiger charge is -2.34. The maximum absolute atomic E-state index is 5.17. The van der Waals surface area contributed by atoms with Gasteiger partial charge < -0.3 is 4.90 Å². The molecule has 3 aromatic rings. The van der Waals surface area contributed by atoms with Crippen molar-refractivity contribution < 1.29 is 0 Å². The van der Waals surface area contributed by atoms with Crippen molar-refractivity contribution in [3.8, 4) is 0 Å². The van der Waals surface area contributed by atoms with Crippen molar-refractivity contribution in [2.75, 3.05) is 24.5 Å². The molecular formula is C25H30N6. The van der Waals surface area contributed by atoms with Crippen LogP contribution in [0.4, 0.5) is 5.82 Å². The minimum atomic E-state index is 0.387. The van der Waals surface area contributed by atoms with Gasteiger partial charge in [0.2, 0.25) is 0 Å². The Hall–Kier alpha value is -2.86. The van der Waals surface area contributed by atoms with Crippen LogP contribution in [0.3, 0.4) is 0 Å². The molecule has 0 aromatic carbocycles. The predicted molar refractivity (Wildman–Crippen MR) is 122 cm³/mol. The minimum absolute atomic E-state index is 0.387. The van der Waals surface area contributed by atoms with Gasteiger partial charge in [-0.05, 0) is 69.0 Å². The van der Waals surface area contributed by atoms with E-state index in [2.05, 4.69) is 51.0 Å². The number of fused-ring (bicyclic) bond motifs is 1. The Morgan fingerprint density at radius 3 is 2.71 bits per heavy atom. The van der Waals surface area contributed by atoms with E-state index in [-0.39, 0.29) is 0 Å². The summed E-state index contributed by atoms with van der Waals surface area (Å²) in [4.78, 5) is 23.8. The molecule has 31 heavy (non-hydrogen) atoms. The summed E-state index contributed by atoms with van der Waals surface area (Å²) < 4.78 is 0. The molecule has 1 atom stereocenters. The van der Waals surface area contributed by atoms with Gasteiger partial charge in [0.15, 0.2) is 0 Å². The molecule has 0 radical (unpaired) electrons. The predicted octanol–water partition coefficient (Wildman–Crippen LogP) is 3.91. The summed E-state index contributed by atoms with van der Waals surface area (Å²) in [7, 11) is 0. The number of aromatic nitrogens is 4. The van der Waals surface area contributed by atoms with Crippen molar-refractivity contribution in [1.29, 1.82) is 0 Å². The van der Waals surface area contributed by atoms with Gasteiger partial charge in [-0.3, -0.25) is 14.9 Å². The molecule has 0 amide bonds. The smallest absolute Gasteiger partial charge is 0.136 e. The van der Waals surface area contributed by atoms with Crippen LogP contribution in [0.1, 0.15) is 53.5 Å². The molecule has 5 heterocycles. The Morgan fingerprint density at radius 2 is 1.87 bits per heavy atom. The van der Waals surface area contributed by atoms with Gasteiger partial charge in [-0.15, -0.1) is 0 Å². The van der Waals surface area contributed by atoms with E-state index in [0.717, 1.165) is 75.0 Å². The zero-order valence-corrected chi connectivity index (χ0v) is 18.2. The molecule has 6 heteroatoms. The average Bonchev–Trinajstić information content (AvgIpc) is 2.81. The van der Waals surface area contributed by atoms with E-state index in [1.54, 1.807) is 0 Å². The second kappa shape index (κ2) is 9.10. The van der Waals surface area contributed by atoms with E-state index in [1.165, 1.54) is 17.5 Å². The van der Waals surface area contributed by atoms with E-state index in [4.69, 9.17) is 9.97 Å². The van der Waals surface area contributed by atoms with Crippen LogP contribution in [0, 0.1) is 6.92 Å². The van der Waals surface area contributed by atoms with E-state index >= 15 is 0 Å². The number of likely N-dealkylation sites (tertiary alicyclic amines) is 1. The first-order valence-electron chi connectivity index (χ1n) is 11.4. The molecule has 6 nitrogen and oxygen atoms in total. The number of pyridine rings is 2. The summed E-state index contributed by atoms with van der Waals surface area (Å²) in [6, 6.07) is 10.3. The lowest BCUT2D eigenvalue weighted by Crippen LogP contribution is -2.36. The molecule has 1 fully saturated rings. The molecule has 1 saturated heterocycles. The summed E-state index contributed by atoms with van der Waals surface area (Å²) in [5.41, 5.74) is 4.88. The number of anilines is 1. The fourth-order valence-electron chi connectivity index (χ4n) is 4.89. The number of nitrogens with zero attached hydrogens (tertiary/aromatic N) is 6. The summed E-state index contributed by atoms with van der Waals surface area (Å²) in [6.45, 7) is 7.11. The molecule has 2 aliphatic heterocycles. The van der Waals surface area contributed by atoms with Gasteiger partial charge in [-0.25, -0.2) is 9.97 Å². The quantitative estimate of drug-likeness (QED) is 0.631. The van der Waals surface area contributed by atoms with E-state index in [9.17, 15) is 0 Å². The zero-order valence-electron chi connectivity index (χ0n) is 18.2. The number of rotatable bonds is 5. The van der Waals surface area contributed by atoms with Gasteiger partial charge in [-0.1, -0.05) is 6.07 Å². The fraction of sp³-hybridized carbons (Fsp3) is 0.440. The highest BCUT2D eigenvalue weighted by Crippen LogP contribution is 2.32. The second-order valence-corrected chi connectivity index (χ2v) is 8.75. The highest BCUT2D eigenvalue weighted by Gasteiger charge is 2.28. The lowest BCUT2D eigenvalue weighted by molar-refractivity contribution is 0.196. The van der Waals surface area contributed by atoms with Crippen molar-refractivity contribution >= 4 is 5.82 Å². The first kappa shape index (κ1) is 20.1. The van der Waals surface area contributed by atoms with E-state index in [0.29, 0.717) is 5.92 Å². The number of hydrogen-bond acceptors (Lipinski definition) is 6. The van der Waals surface area contributed by atoms with Gasteiger partial charge in [0.05, 0.1) is 12.2 Å². The first-order valence-corrected chi connectivity index (χ1v) is 11.4. The molecular weight excluding hydrogens is 384 g/mol. The highest BCUT2D eigenvalue weighted by molar-refractivity contribution is 5.51. The van der Waals surface area contributed by atoms with Crippen LogP contribution in [-0.4, -0.2) is 44.5 Å². The Kier molecular flexibility index (Phi) is 5.89. The van der Waals surface area contributed by atoms with Crippen LogP contribution in [0.2, 0.25) is 0 Å². The van der Waals surface area contributed by atoms with Crippen molar-refractivity contribution in [3.05, 3.63) is 77.3 Å². The van der Waals surface area contributed by atoms with E-state index < -0.39 is 0 Å². The summed E-state index contributed by atoms with van der Waals surface area (Å²) in [5, 5.41) is 0. The standard InChI is InChI=1S/C25H30N6/c1-19-23-8-5-15-31(18-22-7-2-3-11-27-22)25(23)29-24(28-19)21-6-4-14-30(17-21)16-20-9-12-26-13-10-20/h2-3,7,9-13,21H,4-6,8,14-18H2,1H3/t21-/m0/s1. The SMILES string of the molecule is Cc1nc([C@H]2CCCN(Cc3ccncc3)C2)nc2c1CCCN2Cc1ccccn1. The second-order valence-electron chi connectivity index (χ2n) is 8.75. The normalized spacial score (nSPS) is 19.3. The topological polar surface area (TPSA) is 58.0 Å². The summed E-state index contributed by atoms with van der Waals surface area (Å²) >= 11 is 0. The number of aryl methyl sites for hydroxylation is 1. The molecule has 0 spiro atoms. The molecule has 0 N–H and O–H groups in total.